The summed E-state index contributed by atoms with van der Waals surface area (Å²) in [6.45, 7) is 1.29. The number of hydrogen-bond acceptors (Lipinski definition) is 8. The van der Waals surface area contributed by atoms with Gasteiger partial charge in [0.2, 0.25) is 5.95 Å². The Morgan fingerprint density at radius 1 is 1.03 bits per heavy atom. The number of amides is 2. The van der Waals surface area contributed by atoms with E-state index in [-0.39, 0.29) is 6.03 Å². The molecule has 1 N–H and O–H groups in total. The Balaban J connectivity index is 1.37. The molecule has 0 bridgehead atoms. The standard InChI is InChI=1S/C27H24N6O4/c1-36-14-13-32-17-19-16-29-26(31-25(19)33(27(32)35)22-5-3-2-4-6-22)30-20-7-9-23(10-8-20)37-24-11-12-28-21(15-24)18-34/h2-12,15-16,18H,13-14,17H2,1H3,(H,29,30,31). The Hall–Kier alpha value is -4.83. The Morgan fingerprint density at radius 2 is 1.84 bits per heavy atom. The lowest BCUT2D eigenvalue weighted by molar-refractivity contribution is 0.111. The maximum Gasteiger partial charge on any atom is 0.330 e. The first-order valence-electron chi connectivity index (χ1n) is 11.6. The minimum Gasteiger partial charge on any atom is -0.457 e. The largest absolute Gasteiger partial charge is 0.457 e. The van der Waals surface area contributed by atoms with Gasteiger partial charge in [-0.15, -0.1) is 0 Å². The van der Waals surface area contributed by atoms with Crippen LogP contribution in [0.4, 0.5) is 27.9 Å². The summed E-state index contributed by atoms with van der Waals surface area (Å²) in [4.78, 5) is 40.7. The number of urea groups is 1. The number of carbonyl (C=O) groups excluding carboxylic acids is 2. The van der Waals surface area contributed by atoms with Crippen molar-refractivity contribution in [2.75, 3.05) is 30.5 Å². The average Bonchev–Trinajstić information content (AvgIpc) is 2.94. The van der Waals surface area contributed by atoms with Gasteiger partial charge in [0.15, 0.2) is 12.1 Å². The lowest BCUT2D eigenvalue weighted by Gasteiger charge is -2.36. The van der Waals surface area contributed by atoms with Crippen LogP contribution in [0.15, 0.2) is 79.1 Å². The number of aldehydes is 1. The summed E-state index contributed by atoms with van der Waals surface area (Å²) < 4.78 is 11.0. The van der Waals surface area contributed by atoms with Crippen molar-refractivity contribution >= 4 is 35.5 Å². The zero-order chi connectivity index (χ0) is 25.6. The normalized spacial score (nSPS) is 12.7. The maximum absolute atomic E-state index is 13.4. The van der Waals surface area contributed by atoms with Crippen molar-refractivity contribution in [3.05, 3.63) is 90.4 Å². The molecule has 5 rings (SSSR count). The second-order valence-electron chi connectivity index (χ2n) is 8.20. The maximum atomic E-state index is 13.4. The van der Waals surface area contributed by atoms with Gasteiger partial charge in [0.25, 0.3) is 0 Å². The molecule has 10 nitrogen and oxygen atoms in total. The van der Waals surface area contributed by atoms with Gasteiger partial charge in [-0.05, 0) is 42.5 Å². The predicted molar refractivity (Wildman–Crippen MR) is 138 cm³/mol. The predicted octanol–water partition coefficient (Wildman–Crippen LogP) is 4.94. The molecule has 0 aliphatic carbocycles. The van der Waals surface area contributed by atoms with Crippen LogP contribution in [0.1, 0.15) is 16.1 Å². The van der Waals surface area contributed by atoms with Crippen LogP contribution in [-0.4, -0.2) is 52.4 Å². The summed E-state index contributed by atoms with van der Waals surface area (Å²) >= 11 is 0. The molecular formula is C27H24N6O4. The molecule has 0 radical (unpaired) electrons. The molecule has 0 unspecified atom stereocenters. The molecular weight excluding hydrogens is 472 g/mol. The first-order valence-corrected chi connectivity index (χ1v) is 11.6. The number of anilines is 4. The molecule has 2 aromatic carbocycles. The molecule has 0 atom stereocenters. The molecule has 2 amide bonds. The Bertz CT molecular complexity index is 1400. The molecule has 2 aromatic heterocycles. The van der Waals surface area contributed by atoms with E-state index in [1.807, 2.05) is 42.5 Å². The minimum atomic E-state index is -0.171. The number of rotatable bonds is 9. The molecule has 0 fully saturated rings. The number of methoxy groups -OCH3 is 1. The van der Waals surface area contributed by atoms with Crippen LogP contribution in [0, 0.1) is 0 Å². The van der Waals surface area contributed by atoms with Crippen LogP contribution >= 0.6 is 0 Å². The highest BCUT2D eigenvalue weighted by molar-refractivity contribution is 6.00. The lowest BCUT2D eigenvalue weighted by Crippen LogP contribution is -2.46. The van der Waals surface area contributed by atoms with E-state index in [2.05, 4.69) is 15.3 Å². The topological polar surface area (TPSA) is 110 Å². The molecule has 1 aliphatic rings. The number of fused-ring (bicyclic) bond motifs is 1. The van der Waals surface area contributed by atoms with Crippen molar-refractivity contribution in [1.82, 2.24) is 19.9 Å². The molecule has 186 valence electrons. The van der Waals surface area contributed by atoms with E-state index < -0.39 is 0 Å². The highest BCUT2D eigenvalue weighted by atomic mass is 16.5. The highest BCUT2D eigenvalue weighted by Gasteiger charge is 2.33. The summed E-state index contributed by atoms with van der Waals surface area (Å²) in [6, 6.07) is 19.7. The summed E-state index contributed by atoms with van der Waals surface area (Å²) in [6.07, 6.45) is 3.92. The lowest BCUT2D eigenvalue weighted by atomic mass is 10.2. The number of nitrogens with one attached hydrogen (secondary N) is 1. The number of benzene rings is 2. The zero-order valence-electron chi connectivity index (χ0n) is 20.1. The third-order valence-electron chi connectivity index (χ3n) is 5.68. The molecule has 4 aromatic rings. The van der Waals surface area contributed by atoms with Crippen molar-refractivity contribution < 1.29 is 19.1 Å². The van der Waals surface area contributed by atoms with Gasteiger partial charge in [-0.1, -0.05) is 18.2 Å². The second-order valence-corrected chi connectivity index (χ2v) is 8.20. The van der Waals surface area contributed by atoms with Crippen LogP contribution in [-0.2, 0) is 11.3 Å². The monoisotopic (exact) mass is 496 g/mol. The van der Waals surface area contributed by atoms with Gasteiger partial charge in [0.05, 0.1) is 18.8 Å². The van der Waals surface area contributed by atoms with Gasteiger partial charge >= 0.3 is 6.03 Å². The van der Waals surface area contributed by atoms with E-state index in [0.717, 1.165) is 16.9 Å². The fourth-order valence-corrected chi connectivity index (χ4v) is 3.88. The van der Waals surface area contributed by atoms with Gasteiger partial charge in [-0.25, -0.2) is 14.7 Å². The smallest absolute Gasteiger partial charge is 0.330 e. The minimum absolute atomic E-state index is 0.171. The van der Waals surface area contributed by atoms with E-state index in [0.29, 0.717) is 54.9 Å². The van der Waals surface area contributed by atoms with Gasteiger partial charge in [0, 0.05) is 43.4 Å². The summed E-state index contributed by atoms with van der Waals surface area (Å²) in [5.74, 6) is 2.00. The fourth-order valence-electron chi connectivity index (χ4n) is 3.88. The van der Waals surface area contributed by atoms with Gasteiger partial charge in [-0.3, -0.25) is 9.78 Å². The second kappa shape index (κ2) is 10.8. The molecule has 1 aliphatic heterocycles. The molecule has 0 spiro atoms. The molecule has 0 saturated heterocycles. The molecule has 3 heterocycles. The van der Waals surface area contributed by atoms with E-state index >= 15 is 0 Å². The number of ether oxygens (including phenoxy) is 2. The fraction of sp³-hybridized carbons (Fsp3) is 0.148. The Kier molecular flexibility index (Phi) is 7.00. The van der Waals surface area contributed by atoms with Crippen LogP contribution in [0.3, 0.4) is 0 Å². The van der Waals surface area contributed by atoms with Crippen molar-refractivity contribution in [2.24, 2.45) is 0 Å². The molecule has 0 saturated carbocycles. The van der Waals surface area contributed by atoms with E-state index in [1.54, 1.807) is 47.4 Å². The Labute approximate surface area is 213 Å². The first-order chi connectivity index (χ1) is 18.1. The third kappa shape index (κ3) is 5.39. The van der Waals surface area contributed by atoms with Gasteiger partial charge < -0.3 is 19.7 Å². The quantitative estimate of drug-likeness (QED) is 0.325. The Morgan fingerprint density at radius 3 is 2.59 bits per heavy atom. The average molecular weight is 497 g/mol. The van der Waals surface area contributed by atoms with Gasteiger partial charge in [0.1, 0.15) is 17.2 Å². The van der Waals surface area contributed by atoms with Crippen LogP contribution in [0.5, 0.6) is 11.5 Å². The number of carbonyl (C=O) groups is 2. The van der Waals surface area contributed by atoms with E-state index in [1.165, 1.54) is 6.20 Å². The van der Waals surface area contributed by atoms with Crippen molar-refractivity contribution in [2.45, 2.75) is 6.54 Å². The SMILES string of the molecule is COCCN1Cc2cnc(Nc3ccc(Oc4ccnc(C=O)c4)cc3)nc2N(c2ccccc2)C1=O. The summed E-state index contributed by atoms with van der Waals surface area (Å²) in [5.41, 5.74) is 2.59. The summed E-state index contributed by atoms with van der Waals surface area (Å²) in [5, 5.41) is 3.19. The van der Waals surface area contributed by atoms with E-state index in [9.17, 15) is 9.59 Å². The van der Waals surface area contributed by atoms with Crippen molar-refractivity contribution in [3.63, 3.8) is 0 Å². The third-order valence-corrected chi connectivity index (χ3v) is 5.68. The van der Waals surface area contributed by atoms with Crippen molar-refractivity contribution in [3.8, 4) is 11.5 Å². The first kappa shape index (κ1) is 23.9. The highest BCUT2D eigenvalue weighted by Crippen LogP contribution is 2.34. The number of nitrogens with zero attached hydrogens (tertiary/aromatic N) is 5. The number of hydrogen-bond donors (Lipinski definition) is 1. The summed E-state index contributed by atoms with van der Waals surface area (Å²) in [7, 11) is 1.61. The van der Waals surface area contributed by atoms with E-state index in [4.69, 9.17) is 14.5 Å². The molecule has 10 heteroatoms. The number of aromatic nitrogens is 3. The van der Waals surface area contributed by atoms with Crippen LogP contribution in [0.2, 0.25) is 0 Å². The molecule has 37 heavy (non-hydrogen) atoms. The van der Waals surface area contributed by atoms with Crippen LogP contribution in [0.25, 0.3) is 0 Å². The zero-order valence-corrected chi connectivity index (χ0v) is 20.1. The van der Waals surface area contributed by atoms with Crippen LogP contribution < -0.4 is 15.0 Å². The number of para-hydroxylation sites is 1. The van der Waals surface area contributed by atoms with Gasteiger partial charge in [-0.2, -0.15) is 4.98 Å². The number of pyridine rings is 1. The van der Waals surface area contributed by atoms with Crippen molar-refractivity contribution in [1.29, 1.82) is 0 Å².